The Morgan fingerprint density at radius 1 is 0.977 bits per heavy atom. The molecule has 0 aliphatic heterocycles. The van der Waals surface area contributed by atoms with Crippen molar-refractivity contribution in [1.29, 1.82) is 0 Å². The number of fused-ring (bicyclic) bond motifs is 7. The SMILES string of the molecule is C=C[C@]12CC[C@H](O)[C@](C)(COC(C)=O)C1CC[C@]1(C)C2CC=C2C3CC(C)(C)[C@@H](O)[C@H](OC(C)=O)[C@]3(CO)[C@H](O)C[C@]21C. The van der Waals surface area contributed by atoms with Gasteiger partial charge in [0.25, 0.3) is 0 Å². The van der Waals surface area contributed by atoms with E-state index in [-0.39, 0.29) is 41.2 Å². The highest BCUT2D eigenvalue weighted by Crippen LogP contribution is 2.76. The Balaban J connectivity index is 1.63. The zero-order valence-electron chi connectivity index (χ0n) is 27.2. The van der Waals surface area contributed by atoms with E-state index in [1.807, 2.05) is 13.8 Å². The second kappa shape index (κ2) is 10.4. The molecule has 0 aromatic rings. The average Bonchev–Trinajstić information content (AvgIpc) is 2.92. The normalized spacial score (nSPS) is 50.1. The van der Waals surface area contributed by atoms with Crippen molar-refractivity contribution in [1.82, 2.24) is 0 Å². The first-order valence-electron chi connectivity index (χ1n) is 16.2. The largest absolute Gasteiger partial charge is 0.465 e. The highest BCUT2D eigenvalue weighted by molar-refractivity contribution is 5.66. The number of allylic oxidation sites excluding steroid dienone is 3. The van der Waals surface area contributed by atoms with Gasteiger partial charge < -0.3 is 29.9 Å². The Bertz CT molecular complexity index is 1190. The molecule has 8 nitrogen and oxygen atoms in total. The van der Waals surface area contributed by atoms with Gasteiger partial charge in [0.05, 0.1) is 36.9 Å². The van der Waals surface area contributed by atoms with Crippen LogP contribution in [0.25, 0.3) is 0 Å². The monoisotopic (exact) mass is 602 g/mol. The molecule has 0 aromatic heterocycles. The Morgan fingerprint density at radius 3 is 2.23 bits per heavy atom. The van der Waals surface area contributed by atoms with Crippen molar-refractivity contribution in [2.75, 3.05) is 13.2 Å². The lowest BCUT2D eigenvalue weighted by Gasteiger charge is -2.72. The summed E-state index contributed by atoms with van der Waals surface area (Å²) in [6.07, 6.45) is 5.55. The number of carbonyl (C=O) groups excluding carboxylic acids is 2. The molecule has 4 N–H and O–H groups in total. The maximum Gasteiger partial charge on any atom is 0.303 e. The summed E-state index contributed by atoms with van der Waals surface area (Å²) in [4.78, 5) is 24.1. The molecule has 0 aromatic carbocycles. The van der Waals surface area contributed by atoms with Crippen molar-refractivity contribution in [3.05, 3.63) is 24.3 Å². The first-order chi connectivity index (χ1) is 19.9. The maximum atomic E-state index is 12.3. The minimum absolute atomic E-state index is 0.0689. The van der Waals surface area contributed by atoms with Gasteiger partial charge in [-0.25, -0.2) is 0 Å². The minimum atomic E-state index is -1.21. The van der Waals surface area contributed by atoms with Crippen LogP contribution in [-0.4, -0.2) is 70.0 Å². The number of aliphatic hydroxyl groups is 4. The van der Waals surface area contributed by atoms with Crippen LogP contribution in [0.2, 0.25) is 0 Å². The molecule has 5 aliphatic carbocycles. The third kappa shape index (κ3) is 4.21. The molecule has 5 aliphatic rings. The molecule has 0 saturated heterocycles. The van der Waals surface area contributed by atoms with Gasteiger partial charge in [0.1, 0.15) is 6.10 Å². The van der Waals surface area contributed by atoms with Crippen molar-refractivity contribution >= 4 is 11.9 Å². The highest BCUT2D eigenvalue weighted by Gasteiger charge is 2.73. The van der Waals surface area contributed by atoms with Crippen LogP contribution in [0.1, 0.15) is 93.4 Å². The fourth-order valence-corrected chi connectivity index (χ4v) is 11.4. The van der Waals surface area contributed by atoms with E-state index in [0.717, 1.165) is 25.7 Å². The number of hydrogen-bond acceptors (Lipinski definition) is 8. The zero-order chi connectivity index (χ0) is 32.0. The Morgan fingerprint density at radius 2 is 1.65 bits per heavy atom. The fraction of sp³-hybridized carbons (Fsp3) is 0.829. The molecule has 5 rings (SSSR count). The lowest BCUT2D eigenvalue weighted by atomic mass is 9.32. The Labute approximate surface area is 256 Å². The van der Waals surface area contributed by atoms with Gasteiger partial charge in [-0.1, -0.05) is 52.3 Å². The summed E-state index contributed by atoms with van der Waals surface area (Å²) >= 11 is 0. The van der Waals surface area contributed by atoms with Crippen molar-refractivity contribution in [2.45, 2.75) is 118 Å². The summed E-state index contributed by atoms with van der Waals surface area (Å²) in [5.41, 5.74) is -2.21. The molecule has 4 saturated carbocycles. The molecule has 0 amide bonds. The van der Waals surface area contributed by atoms with Crippen LogP contribution >= 0.6 is 0 Å². The van der Waals surface area contributed by atoms with E-state index < -0.39 is 58.7 Å². The molecule has 0 spiro atoms. The van der Waals surface area contributed by atoms with Crippen molar-refractivity contribution in [3.63, 3.8) is 0 Å². The van der Waals surface area contributed by atoms with Crippen molar-refractivity contribution in [3.8, 4) is 0 Å². The molecule has 43 heavy (non-hydrogen) atoms. The predicted octanol–water partition coefficient (Wildman–Crippen LogP) is 4.33. The van der Waals surface area contributed by atoms with Crippen molar-refractivity contribution < 1.29 is 39.5 Å². The lowest BCUT2D eigenvalue weighted by Crippen LogP contribution is -2.72. The number of rotatable bonds is 5. The first-order valence-corrected chi connectivity index (χ1v) is 16.2. The summed E-state index contributed by atoms with van der Waals surface area (Å²) in [5.74, 6) is -0.931. The topological polar surface area (TPSA) is 134 Å². The molecule has 8 heteroatoms. The molecule has 0 radical (unpaired) electrons. The number of carbonyl (C=O) groups is 2. The number of esters is 2. The van der Waals surface area contributed by atoms with E-state index in [1.165, 1.54) is 19.4 Å². The van der Waals surface area contributed by atoms with Gasteiger partial charge >= 0.3 is 11.9 Å². The minimum Gasteiger partial charge on any atom is -0.465 e. The molecule has 3 unspecified atom stereocenters. The van der Waals surface area contributed by atoms with Crippen LogP contribution in [0, 0.1) is 50.2 Å². The molecular weight excluding hydrogens is 548 g/mol. The van der Waals surface area contributed by atoms with Gasteiger partial charge in [-0.15, -0.1) is 6.58 Å². The van der Waals surface area contributed by atoms with E-state index in [2.05, 4.69) is 39.5 Å². The van der Waals surface area contributed by atoms with Crippen LogP contribution < -0.4 is 0 Å². The number of aliphatic hydroxyl groups excluding tert-OH is 4. The first kappa shape index (κ1) is 32.6. The second-order valence-electron chi connectivity index (χ2n) is 16.2. The fourth-order valence-electron chi connectivity index (χ4n) is 11.4. The van der Waals surface area contributed by atoms with Crippen LogP contribution in [0.3, 0.4) is 0 Å². The maximum absolute atomic E-state index is 12.3. The van der Waals surface area contributed by atoms with Crippen molar-refractivity contribution in [2.24, 2.45) is 50.2 Å². The van der Waals surface area contributed by atoms with Gasteiger partial charge in [-0.2, -0.15) is 0 Å². The quantitative estimate of drug-likeness (QED) is 0.270. The summed E-state index contributed by atoms with van der Waals surface area (Å²) in [6, 6.07) is 0. The lowest BCUT2D eigenvalue weighted by molar-refractivity contribution is -0.261. The predicted molar refractivity (Wildman–Crippen MR) is 161 cm³/mol. The standard InChI is InChI=1S/C35H54O8/c1-9-34-15-13-26(39)31(6,19-42-20(2)37)24(34)12-14-32(7)25(34)11-10-22-23-16-30(4,5)28(41)29(43-21(3)38)35(23,18-36)27(40)17-33(22,32)8/h9-10,23-29,36,39-41H,1,11-19H2,2-8H3/t23?,24?,25?,26-,27+,28-,29-,31+,32+,33+,34-,35-/m0/s1. The molecule has 0 heterocycles. The van der Waals surface area contributed by atoms with Gasteiger partial charge in [0, 0.05) is 19.3 Å². The number of ether oxygens (including phenoxy) is 2. The third-order valence-corrected chi connectivity index (χ3v) is 14.0. The van der Waals surface area contributed by atoms with Crippen LogP contribution in [0.15, 0.2) is 24.3 Å². The summed E-state index contributed by atoms with van der Waals surface area (Å²) in [5, 5.41) is 45.9. The second-order valence-corrected chi connectivity index (χ2v) is 16.2. The van der Waals surface area contributed by atoms with E-state index in [1.54, 1.807) is 0 Å². The number of hydrogen-bond donors (Lipinski definition) is 4. The zero-order valence-corrected chi connectivity index (χ0v) is 27.2. The molecule has 4 fully saturated rings. The van der Waals surface area contributed by atoms with Gasteiger partial charge in [-0.05, 0) is 84.4 Å². The van der Waals surface area contributed by atoms with E-state index in [9.17, 15) is 30.0 Å². The van der Waals surface area contributed by atoms with Crippen LogP contribution in [-0.2, 0) is 19.1 Å². The van der Waals surface area contributed by atoms with E-state index in [0.29, 0.717) is 19.3 Å². The smallest absolute Gasteiger partial charge is 0.303 e. The third-order valence-electron chi connectivity index (χ3n) is 14.0. The van der Waals surface area contributed by atoms with Gasteiger partial charge in [0.2, 0.25) is 0 Å². The molecule has 0 bridgehead atoms. The molecule has 12 atom stereocenters. The highest BCUT2D eigenvalue weighted by atomic mass is 16.6. The Kier molecular flexibility index (Phi) is 7.89. The van der Waals surface area contributed by atoms with Crippen LogP contribution in [0.5, 0.6) is 0 Å². The molecule has 242 valence electrons. The summed E-state index contributed by atoms with van der Waals surface area (Å²) in [7, 11) is 0. The molecular formula is C35H54O8. The summed E-state index contributed by atoms with van der Waals surface area (Å²) in [6.45, 7) is 17.5. The van der Waals surface area contributed by atoms with E-state index >= 15 is 0 Å². The Hall–Kier alpha value is -1.74. The average molecular weight is 603 g/mol. The summed E-state index contributed by atoms with van der Waals surface area (Å²) < 4.78 is 11.3. The van der Waals surface area contributed by atoms with E-state index in [4.69, 9.17) is 9.47 Å². The van der Waals surface area contributed by atoms with Gasteiger partial charge in [0.15, 0.2) is 0 Å². The van der Waals surface area contributed by atoms with Gasteiger partial charge in [-0.3, -0.25) is 9.59 Å². The van der Waals surface area contributed by atoms with Crippen LogP contribution in [0.4, 0.5) is 0 Å².